The number of nitrogens with zero attached hydrogens (tertiary/aromatic N) is 1. The largest absolute Gasteiger partial charge is 0.489 e. The van der Waals surface area contributed by atoms with Crippen LogP contribution >= 0.6 is 15.9 Å². The van der Waals surface area contributed by atoms with Crippen molar-refractivity contribution in [3.05, 3.63) is 27.1 Å². The molecule has 152 valence electrons. The van der Waals surface area contributed by atoms with Gasteiger partial charge in [0, 0.05) is 30.9 Å². The van der Waals surface area contributed by atoms with Crippen LogP contribution in [0.5, 0.6) is 5.75 Å². The number of carboxylic acid groups (broad SMARTS) is 1. The predicted octanol–water partition coefficient (Wildman–Crippen LogP) is 2.14. The fourth-order valence-corrected chi connectivity index (χ4v) is 5.42. The molecular formula is C19H24BrN3O5. The summed E-state index contributed by atoms with van der Waals surface area (Å²) in [6.07, 6.45) is 5.79. The molecule has 0 radical (unpaired) electrons. The number of aromatic nitrogens is 1. The van der Waals surface area contributed by atoms with Gasteiger partial charge in [-0.3, -0.25) is 9.59 Å². The fourth-order valence-electron chi connectivity index (χ4n) is 4.90. The average Bonchev–Trinajstić information content (AvgIpc) is 2.56. The van der Waals surface area contributed by atoms with Gasteiger partial charge in [-0.05, 0) is 60.9 Å². The van der Waals surface area contributed by atoms with E-state index in [-0.39, 0.29) is 34.6 Å². The summed E-state index contributed by atoms with van der Waals surface area (Å²) >= 11 is 3.43. The van der Waals surface area contributed by atoms with Crippen LogP contribution in [0.1, 0.15) is 44.9 Å². The molecule has 4 aliphatic carbocycles. The van der Waals surface area contributed by atoms with Crippen LogP contribution in [0.15, 0.2) is 21.5 Å². The lowest BCUT2D eigenvalue weighted by molar-refractivity contribution is -0.179. The number of carbonyl (C=O) groups excluding carboxylic acids is 1. The summed E-state index contributed by atoms with van der Waals surface area (Å²) in [6.45, 7) is 0. The highest BCUT2D eigenvalue weighted by molar-refractivity contribution is 9.10. The quantitative estimate of drug-likeness (QED) is 0.632. The number of nitrogens with one attached hydrogen (secondary N) is 2. The minimum Gasteiger partial charge on any atom is -0.489 e. The van der Waals surface area contributed by atoms with Gasteiger partial charge in [0.15, 0.2) is 0 Å². The summed E-state index contributed by atoms with van der Waals surface area (Å²) in [7, 11) is 1.69. The van der Waals surface area contributed by atoms with E-state index in [1.54, 1.807) is 13.2 Å². The predicted molar refractivity (Wildman–Crippen MR) is 104 cm³/mol. The molecule has 2 amide bonds. The van der Waals surface area contributed by atoms with Crippen LogP contribution in [0, 0.1) is 5.41 Å². The number of pyridine rings is 1. The van der Waals surface area contributed by atoms with Gasteiger partial charge in [0.1, 0.15) is 5.75 Å². The minimum atomic E-state index is -1.02. The second-order valence-corrected chi connectivity index (χ2v) is 9.38. The first kappa shape index (κ1) is 19.3. The van der Waals surface area contributed by atoms with Crippen molar-refractivity contribution in [3.63, 3.8) is 0 Å². The standard InChI is InChI=1S/C19H24BrN3O5/c1-23-7-13(20)14(6-15(23)24)28-12-4-2-11(3-5-12)21-16(25)18-8-19(9-18,10-18)22-17(26)27/h6-7,11-12,22H,2-5,8-10H2,1H3,(H,21,25)(H,26,27). The second-order valence-electron chi connectivity index (χ2n) is 8.52. The lowest BCUT2D eigenvalue weighted by Crippen LogP contribution is -2.78. The van der Waals surface area contributed by atoms with Gasteiger partial charge in [-0.1, -0.05) is 0 Å². The molecule has 4 saturated carbocycles. The van der Waals surface area contributed by atoms with Crippen molar-refractivity contribution >= 4 is 27.9 Å². The Labute approximate surface area is 170 Å². The molecule has 1 heterocycles. The molecular weight excluding hydrogens is 430 g/mol. The third-order valence-corrected chi connectivity index (χ3v) is 6.93. The number of amides is 2. The Bertz CT molecular complexity index is 855. The molecule has 0 saturated heterocycles. The lowest BCUT2D eigenvalue weighted by atomic mass is 9.39. The van der Waals surface area contributed by atoms with Crippen LogP contribution < -0.4 is 20.9 Å². The van der Waals surface area contributed by atoms with E-state index in [0.29, 0.717) is 25.0 Å². The molecule has 8 nitrogen and oxygen atoms in total. The summed E-state index contributed by atoms with van der Waals surface area (Å²) in [4.78, 5) is 35.2. The van der Waals surface area contributed by atoms with Gasteiger partial charge < -0.3 is 25.0 Å². The zero-order valence-electron chi connectivity index (χ0n) is 15.7. The Morgan fingerprint density at radius 3 is 2.50 bits per heavy atom. The molecule has 0 unspecified atom stereocenters. The van der Waals surface area contributed by atoms with Crippen molar-refractivity contribution in [1.29, 1.82) is 0 Å². The Morgan fingerprint density at radius 2 is 1.89 bits per heavy atom. The van der Waals surface area contributed by atoms with Gasteiger partial charge in [0.2, 0.25) is 5.91 Å². The number of halogens is 1. The highest BCUT2D eigenvalue weighted by Gasteiger charge is 2.72. The van der Waals surface area contributed by atoms with E-state index in [2.05, 4.69) is 26.6 Å². The van der Waals surface area contributed by atoms with Crippen LogP contribution in [-0.2, 0) is 11.8 Å². The van der Waals surface area contributed by atoms with Crippen molar-refractivity contribution < 1.29 is 19.4 Å². The molecule has 9 heteroatoms. The highest BCUT2D eigenvalue weighted by atomic mass is 79.9. The molecule has 5 rings (SSSR count). The summed E-state index contributed by atoms with van der Waals surface area (Å²) in [6, 6.07) is 1.61. The monoisotopic (exact) mass is 453 g/mol. The Kier molecular flexibility index (Phi) is 4.68. The Hall–Kier alpha value is -2.03. The molecule has 0 aromatic carbocycles. The molecule has 1 aromatic heterocycles. The molecule has 28 heavy (non-hydrogen) atoms. The SMILES string of the molecule is Cn1cc(Br)c(OC2CCC(NC(=O)C34CC(NC(=O)O)(C3)C4)CC2)cc1=O. The first-order chi connectivity index (χ1) is 13.2. The van der Waals surface area contributed by atoms with Gasteiger partial charge in [0.05, 0.1) is 16.0 Å². The molecule has 0 atom stereocenters. The van der Waals surface area contributed by atoms with E-state index in [1.165, 1.54) is 10.6 Å². The second kappa shape index (κ2) is 6.79. The molecule has 0 aliphatic heterocycles. The van der Waals surface area contributed by atoms with E-state index in [0.717, 1.165) is 30.2 Å². The maximum Gasteiger partial charge on any atom is 0.405 e. The van der Waals surface area contributed by atoms with Gasteiger partial charge >= 0.3 is 6.09 Å². The van der Waals surface area contributed by atoms with Crippen LogP contribution in [0.2, 0.25) is 0 Å². The topological polar surface area (TPSA) is 110 Å². The van der Waals surface area contributed by atoms with Gasteiger partial charge in [-0.2, -0.15) is 0 Å². The van der Waals surface area contributed by atoms with Crippen molar-refractivity contribution in [2.75, 3.05) is 0 Å². The number of rotatable bonds is 5. The number of hydrogen-bond acceptors (Lipinski definition) is 4. The molecule has 0 spiro atoms. The molecule has 4 fully saturated rings. The van der Waals surface area contributed by atoms with E-state index in [4.69, 9.17) is 9.84 Å². The van der Waals surface area contributed by atoms with Gasteiger partial charge in [0.25, 0.3) is 5.56 Å². The van der Waals surface area contributed by atoms with E-state index < -0.39 is 6.09 Å². The van der Waals surface area contributed by atoms with Crippen LogP contribution in [0.25, 0.3) is 0 Å². The summed E-state index contributed by atoms with van der Waals surface area (Å²) in [5.41, 5.74) is -0.854. The maximum absolute atomic E-state index is 12.6. The zero-order chi connectivity index (χ0) is 20.1. The lowest BCUT2D eigenvalue weighted by Gasteiger charge is -2.68. The van der Waals surface area contributed by atoms with E-state index in [1.807, 2.05) is 0 Å². The van der Waals surface area contributed by atoms with E-state index in [9.17, 15) is 14.4 Å². The molecule has 3 N–H and O–H groups in total. The number of hydrogen-bond donors (Lipinski definition) is 3. The van der Waals surface area contributed by atoms with Crippen LogP contribution in [-0.4, -0.2) is 39.4 Å². The minimum absolute atomic E-state index is 0.0227. The van der Waals surface area contributed by atoms with Crippen molar-refractivity contribution in [2.24, 2.45) is 12.5 Å². The number of carbonyl (C=O) groups is 2. The maximum atomic E-state index is 12.6. The van der Waals surface area contributed by atoms with Crippen molar-refractivity contribution in [1.82, 2.24) is 15.2 Å². The summed E-state index contributed by atoms with van der Waals surface area (Å²) < 4.78 is 8.23. The first-order valence-corrected chi connectivity index (χ1v) is 10.3. The average molecular weight is 454 g/mol. The normalized spacial score (nSPS) is 33.2. The van der Waals surface area contributed by atoms with Crippen molar-refractivity contribution in [3.8, 4) is 5.75 Å². The Morgan fingerprint density at radius 1 is 1.25 bits per heavy atom. The number of aryl methyl sites for hydroxylation is 1. The van der Waals surface area contributed by atoms with E-state index >= 15 is 0 Å². The zero-order valence-corrected chi connectivity index (χ0v) is 17.3. The fraction of sp³-hybridized carbons (Fsp3) is 0.632. The third-order valence-electron chi connectivity index (χ3n) is 6.33. The van der Waals surface area contributed by atoms with Gasteiger partial charge in [-0.15, -0.1) is 0 Å². The molecule has 1 aromatic rings. The molecule has 4 aliphatic rings. The highest BCUT2D eigenvalue weighted by Crippen LogP contribution is 2.67. The third kappa shape index (κ3) is 3.40. The summed E-state index contributed by atoms with van der Waals surface area (Å²) in [5.74, 6) is 0.612. The van der Waals surface area contributed by atoms with Crippen LogP contribution in [0.4, 0.5) is 4.79 Å². The van der Waals surface area contributed by atoms with Crippen molar-refractivity contribution in [2.45, 2.75) is 62.6 Å². The summed E-state index contributed by atoms with van der Waals surface area (Å²) in [5, 5.41) is 14.5. The molecule has 2 bridgehead atoms. The smallest absolute Gasteiger partial charge is 0.405 e. The van der Waals surface area contributed by atoms with Crippen LogP contribution in [0.3, 0.4) is 0 Å². The first-order valence-electron chi connectivity index (χ1n) is 9.55. The Balaban J connectivity index is 1.24. The number of ether oxygens (including phenoxy) is 1. The van der Waals surface area contributed by atoms with Gasteiger partial charge in [-0.25, -0.2) is 4.79 Å².